The van der Waals surface area contributed by atoms with Gasteiger partial charge in [-0.25, -0.2) is 0 Å². The molecule has 0 bridgehead atoms. The number of nitrogens with zero attached hydrogens (tertiary/aromatic N) is 2. The summed E-state index contributed by atoms with van der Waals surface area (Å²) in [7, 11) is 0. The topological polar surface area (TPSA) is 79.3 Å². The van der Waals surface area contributed by atoms with Gasteiger partial charge in [-0.1, -0.05) is 30.3 Å². The van der Waals surface area contributed by atoms with Crippen LogP contribution in [0.5, 0.6) is 17.2 Å². The van der Waals surface area contributed by atoms with Crippen molar-refractivity contribution in [3.63, 3.8) is 0 Å². The van der Waals surface area contributed by atoms with E-state index >= 15 is 0 Å². The van der Waals surface area contributed by atoms with E-state index in [9.17, 15) is 14.7 Å². The maximum Gasteiger partial charge on any atom is 0.260 e. The summed E-state index contributed by atoms with van der Waals surface area (Å²) in [4.78, 5) is 28.0. The fourth-order valence-corrected chi connectivity index (χ4v) is 2.95. The number of aromatic hydroxyl groups is 1. The van der Waals surface area contributed by atoms with E-state index in [1.54, 1.807) is 28.0 Å². The average Bonchev–Trinajstić information content (AvgIpc) is 2.74. The molecule has 2 amide bonds. The third kappa shape index (κ3) is 5.39. The maximum absolute atomic E-state index is 12.3. The Balaban J connectivity index is 1.37. The molecule has 0 atom stereocenters. The van der Waals surface area contributed by atoms with Gasteiger partial charge in [0.15, 0.2) is 18.1 Å². The van der Waals surface area contributed by atoms with Gasteiger partial charge in [0.2, 0.25) is 5.91 Å². The van der Waals surface area contributed by atoms with Gasteiger partial charge in [0.1, 0.15) is 5.75 Å². The molecular formula is C21H24N2O5. The Bertz CT molecular complexity index is 788. The van der Waals surface area contributed by atoms with Gasteiger partial charge in [-0.2, -0.15) is 0 Å². The molecule has 2 aromatic carbocycles. The maximum atomic E-state index is 12.3. The number of para-hydroxylation sites is 3. The smallest absolute Gasteiger partial charge is 0.260 e. The molecule has 1 N–H and O–H groups in total. The predicted molar refractivity (Wildman–Crippen MR) is 103 cm³/mol. The highest BCUT2D eigenvalue weighted by atomic mass is 16.5. The number of benzene rings is 2. The fraction of sp³-hybridized carbons (Fsp3) is 0.333. The third-order valence-electron chi connectivity index (χ3n) is 4.53. The summed E-state index contributed by atoms with van der Waals surface area (Å²) in [6.45, 7) is 2.11. The van der Waals surface area contributed by atoms with Crippen LogP contribution in [0.2, 0.25) is 0 Å². The van der Waals surface area contributed by atoms with E-state index in [0.29, 0.717) is 39.2 Å². The van der Waals surface area contributed by atoms with E-state index in [0.717, 1.165) is 5.75 Å². The molecule has 0 radical (unpaired) electrons. The van der Waals surface area contributed by atoms with Crippen LogP contribution in [0, 0.1) is 0 Å². The predicted octanol–water partition coefficient (Wildman–Crippen LogP) is 1.91. The summed E-state index contributed by atoms with van der Waals surface area (Å²) in [5, 5.41) is 9.67. The molecule has 0 unspecified atom stereocenters. The zero-order chi connectivity index (χ0) is 19.8. The van der Waals surface area contributed by atoms with E-state index < -0.39 is 0 Å². The molecule has 7 nitrogen and oxygen atoms in total. The van der Waals surface area contributed by atoms with Crippen LogP contribution in [0.3, 0.4) is 0 Å². The average molecular weight is 384 g/mol. The van der Waals surface area contributed by atoms with E-state index in [1.165, 1.54) is 6.07 Å². The number of ether oxygens (including phenoxy) is 2. The van der Waals surface area contributed by atoms with Crippen LogP contribution < -0.4 is 9.47 Å². The molecule has 7 heteroatoms. The molecule has 1 aliphatic rings. The lowest BCUT2D eigenvalue weighted by Crippen LogP contribution is -2.51. The first kappa shape index (κ1) is 19.5. The molecule has 0 spiro atoms. The lowest BCUT2D eigenvalue weighted by Gasteiger charge is -2.34. The minimum absolute atomic E-state index is 0.00318. The van der Waals surface area contributed by atoms with Crippen molar-refractivity contribution in [1.29, 1.82) is 0 Å². The minimum atomic E-state index is -0.164. The largest absolute Gasteiger partial charge is 0.504 e. The molecule has 148 valence electrons. The Kier molecular flexibility index (Phi) is 6.73. The molecule has 1 fully saturated rings. The first-order chi connectivity index (χ1) is 13.6. The fourth-order valence-electron chi connectivity index (χ4n) is 2.95. The molecule has 0 aromatic heterocycles. The van der Waals surface area contributed by atoms with Crippen molar-refractivity contribution in [2.75, 3.05) is 39.4 Å². The lowest BCUT2D eigenvalue weighted by atomic mass is 10.2. The second-order valence-corrected chi connectivity index (χ2v) is 6.43. The van der Waals surface area contributed by atoms with Crippen LogP contribution in [-0.4, -0.2) is 66.1 Å². The Morgan fingerprint density at radius 2 is 1.43 bits per heavy atom. The Hall–Kier alpha value is -3.22. The number of amides is 2. The van der Waals surface area contributed by atoms with Crippen molar-refractivity contribution in [1.82, 2.24) is 9.80 Å². The van der Waals surface area contributed by atoms with Crippen molar-refractivity contribution >= 4 is 11.8 Å². The Morgan fingerprint density at radius 1 is 0.821 bits per heavy atom. The molecular weight excluding hydrogens is 360 g/mol. The summed E-state index contributed by atoms with van der Waals surface area (Å²) in [6, 6.07) is 15.9. The zero-order valence-corrected chi connectivity index (χ0v) is 15.6. The van der Waals surface area contributed by atoms with Crippen LogP contribution >= 0.6 is 0 Å². The van der Waals surface area contributed by atoms with Crippen molar-refractivity contribution in [3.05, 3.63) is 54.6 Å². The van der Waals surface area contributed by atoms with Crippen molar-refractivity contribution in [3.8, 4) is 17.2 Å². The van der Waals surface area contributed by atoms with Gasteiger partial charge in [0.05, 0.1) is 13.0 Å². The number of phenols is 1. The summed E-state index contributed by atoms with van der Waals surface area (Å²) in [6.07, 6.45) is 0.305. The SMILES string of the molecule is O=C(CCOc1ccccc1)N1CCN(C(=O)COc2ccccc2O)CC1. The van der Waals surface area contributed by atoms with E-state index in [1.807, 2.05) is 30.3 Å². The molecule has 1 saturated heterocycles. The second-order valence-electron chi connectivity index (χ2n) is 6.43. The molecule has 0 saturated carbocycles. The lowest BCUT2D eigenvalue weighted by molar-refractivity contribution is -0.141. The molecule has 1 heterocycles. The van der Waals surface area contributed by atoms with Crippen LogP contribution in [0.4, 0.5) is 0 Å². The van der Waals surface area contributed by atoms with Gasteiger partial charge in [-0.15, -0.1) is 0 Å². The quantitative estimate of drug-likeness (QED) is 0.789. The first-order valence-corrected chi connectivity index (χ1v) is 9.27. The molecule has 0 aliphatic carbocycles. The number of phenolic OH excluding ortho intramolecular Hbond substituents is 1. The second kappa shape index (κ2) is 9.64. The summed E-state index contributed by atoms with van der Waals surface area (Å²) < 4.78 is 10.9. The molecule has 1 aliphatic heterocycles. The molecule has 3 rings (SSSR count). The summed E-state index contributed by atoms with van der Waals surface area (Å²) >= 11 is 0. The standard InChI is InChI=1S/C21H24N2O5/c24-18-8-4-5-9-19(18)28-16-21(26)23-13-11-22(12-14-23)20(25)10-15-27-17-6-2-1-3-7-17/h1-9,24H,10-16H2. The van der Waals surface area contributed by atoms with E-state index in [-0.39, 0.29) is 29.9 Å². The van der Waals surface area contributed by atoms with Gasteiger partial charge >= 0.3 is 0 Å². The van der Waals surface area contributed by atoms with Gasteiger partial charge in [0.25, 0.3) is 5.91 Å². The van der Waals surface area contributed by atoms with Gasteiger partial charge in [-0.05, 0) is 24.3 Å². The molecule has 2 aromatic rings. The van der Waals surface area contributed by atoms with Gasteiger partial charge in [-0.3, -0.25) is 9.59 Å². The van der Waals surface area contributed by atoms with Gasteiger partial charge in [0, 0.05) is 26.2 Å². The number of rotatable bonds is 7. The molecule has 28 heavy (non-hydrogen) atoms. The van der Waals surface area contributed by atoms with Gasteiger partial charge < -0.3 is 24.4 Å². The number of hydrogen-bond acceptors (Lipinski definition) is 5. The minimum Gasteiger partial charge on any atom is -0.504 e. The highest BCUT2D eigenvalue weighted by Gasteiger charge is 2.24. The number of piperazine rings is 1. The normalized spacial score (nSPS) is 13.9. The summed E-state index contributed by atoms with van der Waals surface area (Å²) in [5.41, 5.74) is 0. The number of carbonyl (C=O) groups is 2. The Labute approximate surface area is 164 Å². The zero-order valence-electron chi connectivity index (χ0n) is 15.6. The van der Waals surface area contributed by atoms with Crippen LogP contribution in [0.1, 0.15) is 6.42 Å². The van der Waals surface area contributed by atoms with Crippen molar-refractivity contribution in [2.45, 2.75) is 6.42 Å². The van der Waals surface area contributed by atoms with E-state index in [4.69, 9.17) is 9.47 Å². The van der Waals surface area contributed by atoms with E-state index in [2.05, 4.69) is 0 Å². The van der Waals surface area contributed by atoms with Crippen molar-refractivity contribution < 1.29 is 24.2 Å². The van der Waals surface area contributed by atoms with Crippen LogP contribution in [-0.2, 0) is 9.59 Å². The highest BCUT2D eigenvalue weighted by Crippen LogP contribution is 2.24. The first-order valence-electron chi connectivity index (χ1n) is 9.27. The summed E-state index contributed by atoms with van der Waals surface area (Å²) in [5.74, 6) is 0.887. The number of carbonyl (C=O) groups excluding carboxylic acids is 2. The highest BCUT2D eigenvalue weighted by molar-refractivity contribution is 5.79. The van der Waals surface area contributed by atoms with Crippen molar-refractivity contribution in [2.24, 2.45) is 0 Å². The van der Waals surface area contributed by atoms with Crippen LogP contribution in [0.25, 0.3) is 0 Å². The van der Waals surface area contributed by atoms with Crippen LogP contribution in [0.15, 0.2) is 54.6 Å². The Morgan fingerprint density at radius 3 is 2.11 bits per heavy atom. The monoisotopic (exact) mass is 384 g/mol. The number of hydrogen-bond donors (Lipinski definition) is 1. The third-order valence-corrected chi connectivity index (χ3v) is 4.53.